The van der Waals surface area contributed by atoms with Crippen LogP contribution < -0.4 is 0 Å². The Morgan fingerprint density at radius 1 is 0.632 bits per heavy atom. The first-order valence-corrected chi connectivity index (χ1v) is 4.25. The number of rotatable bonds is 4. The van der Waals surface area contributed by atoms with Crippen molar-refractivity contribution in [3.63, 3.8) is 0 Å². The van der Waals surface area contributed by atoms with Crippen LogP contribution in [0, 0.1) is 0 Å². The van der Waals surface area contributed by atoms with Gasteiger partial charge >= 0.3 is 29.9 Å². The Kier molecular flexibility index (Phi) is 4.43. The second-order valence-electron chi connectivity index (χ2n) is 3.41. The molecule has 0 fully saturated rings. The summed E-state index contributed by atoms with van der Waals surface area (Å²) in [6, 6.07) is 0. The molecule has 0 atom stereocenters. The number of hydrogen-bond acceptors (Lipinski definition) is 1. The Hall–Kier alpha value is -0.810. The fraction of sp³-hybridized carbons (Fsp3) is 1.00. The average molecular weight is 314 g/mol. The van der Waals surface area contributed by atoms with Crippen LogP contribution in [0.1, 0.15) is 6.42 Å². The predicted octanol–water partition coefficient (Wildman–Crippen LogP) is 3.47. The first-order chi connectivity index (χ1) is 8.06. The molecule has 0 spiro atoms. The van der Waals surface area contributed by atoms with Gasteiger partial charge in [0, 0.05) is 13.0 Å². The number of aliphatic hydroxyl groups excluding tert-OH is 1. The van der Waals surface area contributed by atoms with Crippen LogP contribution >= 0.6 is 0 Å². The van der Waals surface area contributed by atoms with E-state index in [0.29, 0.717) is 0 Å². The molecule has 1 nitrogen and oxygen atoms in total. The molecule has 0 aromatic heterocycles. The average Bonchev–Trinajstić information content (AvgIpc) is 2.12. The summed E-state index contributed by atoms with van der Waals surface area (Å²) in [7, 11) is 0. The molecule has 0 saturated heterocycles. The largest absolute Gasteiger partial charge is 0.438 e. The minimum absolute atomic E-state index is 1.87. The highest BCUT2D eigenvalue weighted by molar-refractivity contribution is 5.10. The van der Waals surface area contributed by atoms with Gasteiger partial charge in [-0.15, -0.1) is 0 Å². The van der Waals surface area contributed by atoms with Gasteiger partial charge in [0.1, 0.15) is 0 Å². The van der Waals surface area contributed by atoms with Crippen LogP contribution in [0.4, 0.5) is 48.3 Å². The van der Waals surface area contributed by atoms with Gasteiger partial charge in [-0.2, -0.15) is 43.9 Å². The number of hydrogen-bond donors (Lipinski definition) is 1. The quantitative estimate of drug-likeness (QED) is 0.788. The van der Waals surface area contributed by atoms with Gasteiger partial charge in [-0.25, -0.2) is 4.39 Å². The summed E-state index contributed by atoms with van der Waals surface area (Å²) in [5, 5.41) is 7.94. The molecule has 0 bridgehead atoms. The summed E-state index contributed by atoms with van der Waals surface area (Å²) < 4.78 is 135. The highest BCUT2D eigenvalue weighted by atomic mass is 19.4. The van der Waals surface area contributed by atoms with E-state index >= 15 is 0 Å². The Labute approximate surface area is 97.5 Å². The van der Waals surface area contributed by atoms with Crippen LogP contribution in [0.15, 0.2) is 0 Å². The lowest BCUT2D eigenvalue weighted by atomic mass is 9.89. The standard InChI is InChI=1S/C7H5F11O/c8-3(9,1-2-19)5(11,12)4(10,6(13,14)15)7(16,17)18/h19H,1-2H2. The van der Waals surface area contributed by atoms with E-state index < -0.39 is 42.9 Å². The summed E-state index contributed by atoms with van der Waals surface area (Å²) in [4.78, 5) is 0. The van der Waals surface area contributed by atoms with E-state index in [9.17, 15) is 48.3 Å². The smallest absolute Gasteiger partial charge is 0.396 e. The van der Waals surface area contributed by atoms with E-state index in [4.69, 9.17) is 5.11 Å². The molecule has 0 radical (unpaired) electrons. The minimum Gasteiger partial charge on any atom is -0.396 e. The zero-order valence-corrected chi connectivity index (χ0v) is 8.52. The van der Waals surface area contributed by atoms with E-state index in [0.717, 1.165) is 0 Å². The van der Waals surface area contributed by atoms with Crippen molar-refractivity contribution in [3.8, 4) is 0 Å². The summed E-state index contributed by atoms with van der Waals surface area (Å²) in [6.45, 7) is -1.87. The highest BCUT2D eigenvalue weighted by Gasteiger charge is 2.89. The molecule has 0 aliphatic heterocycles. The van der Waals surface area contributed by atoms with Gasteiger partial charge in [-0.3, -0.25) is 0 Å². The first-order valence-electron chi connectivity index (χ1n) is 4.25. The van der Waals surface area contributed by atoms with Crippen molar-refractivity contribution >= 4 is 0 Å². The molecule has 0 aromatic rings. The fourth-order valence-corrected chi connectivity index (χ4v) is 1.07. The van der Waals surface area contributed by atoms with Gasteiger partial charge in [0.25, 0.3) is 0 Å². The normalized spacial score (nSPS) is 15.8. The monoisotopic (exact) mass is 314 g/mol. The van der Waals surface area contributed by atoms with Crippen molar-refractivity contribution in [1.82, 2.24) is 0 Å². The summed E-state index contributed by atoms with van der Waals surface area (Å²) in [5.41, 5.74) is -7.44. The zero-order valence-electron chi connectivity index (χ0n) is 8.52. The topological polar surface area (TPSA) is 20.2 Å². The van der Waals surface area contributed by atoms with Crippen LogP contribution in [-0.4, -0.2) is 41.6 Å². The lowest BCUT2D eigenvalue weighted by Gasteiger charge is -2.39. The summed E-state index contributed by atoms with van der Waals surface area (Å²) >= 11 is 0. The molecule has 0 amide bonds. The second kappa shape index (κ2) is 4.63. The van der Waals surface area contributed by atoms with Gasteiger partial charge in [0.05, 0.1) is 0 Å². The van der Waals surface area contributed by atoms with Crippen molar-refractivity contribution in [1.29, 1.82) is 0 Å². The molecule has 116 valence electrons. The molecule has 19 heavy (non-hydrogen) atoms. The van der Waals surface area contributed by atoms with Crippen molar-refractivity contribution < 1.29 is 53.4 Å². The van der Waals surface area contributed by atoms with Crippen LogP contribution in [0.2, 0.25) is 0 Å². The number of aliphatic hydroxyl groups is 1. The predicted molar refractivity (Wildman–Crippen MR) is 37.5 cm³/mol. The van der Waals surface area contributed by atoms with Crippen molar-refractivity contribution in [2.45, 2.75) is 36.3 Å². The third kappa shape index (κ3) is 2.58. The maximum absolute atomic E-state index is 12.8. The van der Waals surface area contributed by atoms with E-state index in [-0.39, 0.29) is 0 Å². The maximum Gasteiger partial charge on any atom is 0.438 e. The lowest BCUT2D eigenvalue weighted by molar-refractivity contribution is -0.427. The molecular formula is C7H5F11O. The number of alkyl halides is 11. The van der Waals surface area contributed by atoms with Gasteiger partial charge in [-0.05, 0) is 0 Å². The van der Waals surface area contributed by atoms with Gasteiger partial charge in [0.2, 0.25) is 0 Å². The molecular weight excluding hydrogens is 309 g/mol. The zero-order chi connectivity index (χ0) is 15.9. The van der Waals surface area contributed by atoms with E-state index in [2.05, 4.69) is 0 Å². The number of halogens is 11. The van der Waals surface area contributed by atoms with E-state index in [1.165, 1.54) is 0 Å². The molecule has 0 aliphatic rings. The van der Waals surface area contributed by atoms with Crippen LogP contribution in [0.5, 0.6) is 0 Å². The summed E-state index contributed by atoms with van der Waals surface area (Å²) in [6.07, 6.45) is -17.1. The lowest BCUT2D eigenvalue weighted by Crippen LogP contribution is -2.70. The summed E-state index contributed by atoms with van der Waals surface area (Å²) in [5.74, 6) is -13.2. The van der Waals surface area contributed by atoms with Gasteiger partial charge in [0.15, 0.2) is 0 Å². The van der Waals surface area contributed by atoms with Gasteiger partial charge < -0.3 is 5.11 Å². The molecule has 0 unspecified atom stereocenters. The van der Waals surface area contributed by atoms with Gasteiger partial charge in [-0.1, -0.05) is 0 Å². The fourth-order valence-electron chi connectivity index (χ4n) is 1.07. The molecule has 0 aliphatic carbocycles. The maximum atomic E-state index is 12.8. The van der Waals surface area contributed by atoms with E-state index in [1.54, 1.807) is 0 Å². The molecule has 0 heterocycles. The Morgan fingerprint density at radius 2 is 0.947 bits per heavy atom. The molecule has 0 rings (SSSR count). The highest BCUT2D eigenvalue weighted by Crippen LogP contribution is 2.59. The molecule has 0 aromatic carbocycles. The molecule has 0 saturated carbocycles. The molecule has 1 N–H and O–H groups in total. The Morgan fingerprint density at radius 3 is 1.16 bits per heavy atom. The van der Waals surface area contributed by atoms with Crippen molar-refractivity contribution in [3.05, 3.63) is 0 Å². The van der Waals surface area contributed by atoms with Crippen molar-refractivity contribution in [2.24, 2.45) is 0 Å². The van der Waals surface area contributed by atoms with E-state index in [1.807, 2.05) is 0 Å². The Bertz CT molecular complexity index is 300. The minimum atomic E-state index is -7.44. The van der Waals surface area contributed by atoms with Crippen molar-refractivity contribution in [2.75, 3.05) is 6.61 Å². The van der Waals surface area contributed by atoms with Crippen LogP contribution in [0.3, 0.4) is 0 Å². The second-order valence-corrected chi connectivity index (χ2v) is 3.41. The third-order valence-electron chi connectivity index (χ3n) is 2.10. The van der Waals surface area contributed by atoms with Crippen LogP contribution in [0.25, 0.3) is 0 Å². The van der Waals surface area contributed by atoms with Crippen LogP contribution in [-0.2, 0) is 0 Å². The third-order valence-corrected chi connectivity index (χ3v) is 2.10. The SMILES string of the molecule is OCCC(F)(F)C(F)(F)C(F)(C(F)(F)F)C(F)(F)F. The molecule has 12 heteroatoms. The first kappa shape index (κ1) is 18.2. The Balaban J connectivity index is 6.05.